The Morgan fingerprint density at radius 2 is 2.21 bits per heavy atom. The van der Waals surface area contributed by atoms with Gasteiger partial charge in [0, 0.05) is 12.1 Å². The molecule has 102 valence electrons. The molecule has 2 rings (SSSR count). The molecule has 19 heavy (non-hydrogen) atoms. The first kappa shape index (κ1) is 14.0. The standard InChI is InChI=1S/C10H13N4O3PS/c1-7(2)9-12-10(17-18(15,16)19)13-14(9)8-5-3-4-6-11-8/h3-7H,1-2H3,(H2,15,16,19). The first-order valence-electron chi connectivity index (χ1n) is 5.50. The predicted octanol–water partition coefficient (Wildman–Crippen LogP) is 2.19. The van der Waals surface area contributed by atoms with Crippen LogP contribution in [0.5, 0.6) is 6.01 Å². The summed E-state index contributed by atoms with van der Waals surface area (Å²) in [5, 5.41) is 4.03. The maximum absolute atomic E-state index is 11.1. The third-order valence-corrected chi connectivity index (χ3v) is 2.84. The highest BCUT2D eigenvalue weighted by molar-refractivity contribution is 8.44. The van der Waals surface area contributed by atoms with Crippen LogP contribution >= 0.6 is 19.0 Å². The zero-order valence-corrected chi connectivity index (χ0v) is 12.1. The highest BCUT2D eigenvalue weighted by Gasteiger charge is 2.21. The van der Waals surface area contributed by atoms with E-state index in [0.717, 1.165) is 0 Å². The van der Waals surface area contributed by atoms with Gasteiger partial charge in [0.25, 0.3) is 0 Å². The van der Waals surface area contributed by atoms with Crippen LogP contribution in [0.2, 0.25) is 0 Å². The Kier molecular flexibility index (Phi) is 3.93. The molecule has 2 aromatic rings. The van der Waals surface area contributed by atoms with Crippen LogP contribution in [0, 0.1) is 0 Å². The van der Waals surface area contributed by atoms with Crippen LogP contribution in [0.3, 0.4) is 0 Å². The molecule has 0 amide bonds. The molecule has 2 aromatic heterocycles. The van der Waals surface area contributed by atoms with Crippen molar-refractivity contribution in [3.05, 3.63) is 30.2 Å². The molecule has 0 bridgehead atoms. The van der Waals surface area contributed by atoms with Crippen molar-refractivity contribution < 1.29 is 14.0 Å². The summed E-state index contributed by atoms with van der Waals surface area (Å²) in [6, 6.07) is 5.14. The minimum absolute atomic E-state index is 0.0462. The fraction of sp³-hybridized carbons (Fsp3) is 0.300. The SMILES string of the molecule is CC(C)c1nc(OP(=O)(O)S)nn1-c1ccccn1. The van der Waals surface area contributed by atoms with Crippen LogP contribution < -0.4 is 4.52 Å². The molecule has 1 N–H and O–H groups in total. The van der Waals surface area contributed by atoms with Crippen LogP contribution in [0.15, 0.2) is 24.4 Å². The van der Waals surface area contributed by atoms with Gasteiger partial charge >= 0.3 is 12.8 Å². The molecule has 9 heteroatoms. The molecular formula is C10H13N4O3PS. The summed E-state index contributed by atoms with van der Waals surface area (Å²) in [5.74, 6) is 1.18. The van der Waals surface area contributed by atoms with E-state index in [1.807, 2.05) is 19.9 Å². The highest BCUT2D eigenvalue weighted by atomic mass is 32.7. The summed E-state index contributed by atoms with van der Waals surface area (Å²) in [7, 11) is 0. The van der Waals surface area contributed by atoms with Crippen LogP contribution in [-0.2, 0) is 4.57 Å². The van der Waals surface area contributed by atoms with Crippen molar-refractivity contribution >= 4 is 19.0 Å². The lowest BCUT2D eigenvalue weighted by Gasteiger charge is -2.05. The van der Waals surface area contributed by atoms with Crippen molar-refractivity contribution in [2.75, 3.05) is 0 Å². The van der Waals surface area contributed by atoms with E-state index < -0.39 is 6.80 Å². The second kappa shape index (κ2) is 5.32. The number of thiol groups is 1. The quantitative estimate of drug-likeness (QED) is 0.664. The maximum Gasteiger partial charge on any atom is 0.436 e. The third kappa shape index (κ3) is 3.56. The lowest BCUT2D eigenvalue weighted by molar-refractivity contribution is 0.389. The normalized spacial score (nSPS) is 14.4. The van der Waals surface area contributed by atoms with Gasteiger partial charge in [-0.15, -0.1) is 5.10 Å². The Balaban J connectivity index is 2.45. The number of rotatable bonds is 4. The lowest BCUT2D eigenvalue weighted by Crippen LogP contribution is -2.06. The molecule has 0 aliphatic heterocycles. The fourth-order valence-corrected chi connectivity index (χ4v) is 1.98. The summed E-state index contributed by atoms with van der Waals surface area (Å²) in [6.07, 6.45) is 1.62. The minimum Gasteiger partial charge on any atom is -0.381 e. The Hall–Kier alpha value is -1.37. The van der Waals surface area contributed by atoms with E-state index in [-0.39, 0.29) is 11.9 Å². The highest BCUT2D eigenvalue weighted by Crippen LogP contribution is 2.46. The van der Waals surface area contributed by atoms with Crippen molar-refractivity contribution in [2.45, 2.75) is 19.8 Å². The topological polar surface area (TPSA) is 90.1 Å². The monoisotopic (exact) mass is 300 g/mol. The molecule has 1 unspecified atom stereocenters. The molecule has 1 atom stereocenters. The Morgan fingerprint density at radius 1 is 1.47 bits per heavy atom. The van der Waals surface area contributed by atoms with Gasteiger partial charge in [0.05, 0.1) is 0 Å². The van der Waals surface area contributed by atoms with Gasteiger partial charge < -0.3 is 9.42 Å². The number of aromatic nitrogens is 4. The first-order chi connectivity index (χ1) is 8.87. The predicted molar refractivity (Wildman–Crippen MR) is 72.7 cm³/mol. The zero-order valence-electron chi connectivity index (χ0n) is 10.3. The second-order valence-electron chi connectivity index (χ2n) is 4.09. The van der Waals surface area contributed by atoms with Crippen molar-refractivity contribution in [3.63, 3.8) is 0 Å². The second-order valence-corrected chi connectivity index (χ2v) is 6.77. The molecule has 0 spiro atoms. The molecule has 0 saturated carbocycles. The molecule has 0 saturated heterocycles. The lowest BCUT2D eigenvalue weighted by atomic mass is 10.2. The van der Waals surface area contributed by atoms with Gasteiger partial charge in [-0.1, -0.05) is 19.9 Å². The van der Waals surface area contributed by atoms with Gasteiger partial charge in [-0.3, -0.25) is 0 Å². The smallest absolute Gasteiger partial charge is 0.381 e. The van der Waals surface area contributed by atoms with Gasteiger partial charge in [-0.05, 0) is 24.4 Å². The van der Waals surface area contributed by atoms with Crippen LogP contribution in [0.4, 0.5) is 0 Å². The Bertz CT molecular complexity index is 610. The van der Waals surface area contributed by atoms with Gasteiger partial charge in [-0.2, -0.15) is 9.67 Å². The van der Waals surface area contributed by atoms with Gasteiger partial charge in [0.2, 0.25) is 0 Å². The Labute approximate surface area is 115 Å². The molecular weight excluding hydrogens is 287 g/mol. The average molecular weight is 300 g/mol. The number of hydrogen-bond donors (Lipinski definition) is 2. The largest absolute Gasteiger partial charge is 0.436 e. The minimum atomic E-state index is -3.98. The molecule has 0 radical (unpaired) electrons. The summed E-state index contributed by atoms with van der Waals surface area (Å²) >= 11 is 3.43. The molecule has 0 fully saturated rings. The van der Waals surface area contributed by atoms with Crippen LogP contribution in [-0.4, -0.2) is 24.6 Å². The summed E-state index contributed by atoms with van der Waals surface area (Å²) in [4.78, 5) is 17.3. The van der Waals surface area contributed by atoms with Crippen LogP contribution in [0.1, 0.15) is 25.6 Å². The summed E-state index contributed by atoms with van der Waals surface area (Å²) in [5.41, 5.74) is 0. The average Bonchev–Trinajstić information content (AvgIpc) is 2.72. The molecule has 2 heterocycles. The van der Waals surface area contributed by atoms with Crippen molar-refractivity contribution in [3.8, 4) is 11.8 Å². The number of nitrogens with zero attached hydrogens (tertiary/aromatic N) is 4. The van der Waals surface area contributed by atoms with E-state index in [0.29, 0.717) is 11.6 Å². The van der Waals surface area contributed by atoms with Crippen molar-refractivity contribution in [1.82, 2.24) is 19.7 Å². The van der Waals surface area contributed by atoms with E-state index in [1.165, 1.54) is 4.68 Å². The van der Waals surface area contributed by atoms with Gasteiger partial charge in [-0.25, -0.2) is 9.55 Å². The summed E-state index contributed by atoms with van der Waals surface area (Å²) in [6.45, 7) is -0.134. The molecule has 7 nitrogen and oxygen atoms in total. The Morgan fingerprint density at radius 3 is 2.74 bits per heavy atom. The fourth-order valence-electron chi connectivity index (χ4n) is 1.47. The van der Waals surface area contributed by atoms with Crippen molar-refractivity contribution in [2.24, 2.45) is 0 Å². The number of hydrogen-bond acceptors (Lipinski definition) is 5. The van der Waals surface area contributed by atoms with Crippen LogP contribution in [0.25, 0.3) is 5.82 Å². The van der Waals surface area contributed by atoms with E-state index in [9.17, 15) is 4.57 Å². The van der Waals surface area contributed by atoms with Gasteiger partial charge in [0.15, 0.2) is 5.82 Å². The van der Waals surface area contributed by atoms with E-state index in [2.05, 4.69) is 27.3 Å². The van der Waals surface area contributed by atoms with Crippen molar-refractivity contribution in [1.29, 1.82) is 0 Å². The van der Waals surface area contributed by atoms with E-state index >= 15 is 0 Å². The number of pyridine rings is 1. The molecule has 0 aliphatic carbocycles. The third-order valence-electron chi connectivity index (χ3n) is 2.20. The summed E-state index contributed by atoms with van der Waals surface area (Å²) < 4.78 is 17.3. The first-order valence-corrected chi connectivity index (χ1v) is 8.23. The van der Waals surface area contributed by atoms with E-state index in [4.69, 9.17) is 9.42 Å². The van der Waals surface area contributed by atoms with E-state index in [1.54, 1.807) is 18.3 Å². The zero-order chi connectivity index (χ0) is 14.0. The maximum atomic E-state index is 11.1. The van der Waals surface area contributed by atoms with Gasteiger partial charge in [0.1, 0.15) is 5.82 Å². The molecule has 0 aliphatic rings. The molecule has 0 aromatic carbocycles.